The van der Waals surface area contributed by atoms with Crippen LogP contribution in [0.25, 0.3) is 0 Å². The number of benzene rings is 1. The van der Waals surface area contributed by atoms with Crippen molar-refractivity contribution >= 4 is 5.91 Å². The fourth-order valence-corrected chi connectivity index (χ4v) is 2.43. The van der Waals surface area contributed by atoms with Crippen LogP contribution in [0.1, 0.15) is 27.4 Å². The summed E-state index contributed by atoms with van der Waals surface area (Å²) in [5.41, 5.74) is 2.73. The third-order valence-electron chi connectivity index (χ3n) is 3.58. The average molecular weight is 307 g/mol. The highest BCUT2D eigenvalue weighted by Crippen LogP contribution is 2.13. The van der Waals surface area contributed by atoms with E-state index < -0.39 is 0 Å². The minimum atomic E-state index is -0.339. The molecule has 0 N–H and O–H groups in total. The molecule has 1 amide bonds. The van der Waals surface area contributed by atoms with Crippen LogP contribution >= 0.6 is 0 Å². The molecule has 0 aliphatic rings. The van der Waals surface area contributed by atoms with Gasteiger partial charge in [-0.1, -0.05) is 41.6 Å². The van der Waals surface area contributed by atoms with Crippen LogP contribution in [-0.2, 0) is 6.54 Å². The summed E-state index contributed by atoms with van der Waals surface area (Å²) < 4.78 is 6.98. The molecule has 0 bridgehead atoms. The van der Waals surface area contributed by atoms with E-state index in [4.69, 9.17) is 4.52 Å². The van der Waals surface area contributed by atoms with E-state index in [0.717, 1.165) is 5.56 Å². The van der Waals surface area contributed by atoms with Crippen LogP contribution in [0.4, 0.5) is 0 Å². The van der Waals surface area contributed by atoms with Crippen LogP contribution in [0.5, 0.6) is 0 Å². The Labute approximate surface area is 133 Å². The van der Waals surface area contributed by atoms with Gasteiger partial charge in [-0.2, -0.15) is 4.99 Å². The van der Waals surface area contributed by atoms with Crippen molar-refractivity contribution in [3.8, 4) is 0 Å². The lowest BCUT2D eigenvalue weighted by molar-refractivity contribution is 0.0995. The summed E-state index contributed by atoms with van der Waals surface area (Å²) in [6.07, 6.45) is 1.91. The molecule has 0 radical (unpaired) electrons. The Balaban J connectivity index is 1.99. The standard InChI is InChI=1S/C18H17N3O2/c1-13-17(14(2)23-20-13)18(22)19-16-10-6-7-11-21(16)12-15-8-4-3-5-9-15/h3-11H,12H2,1-2H3. The Morgan fingerprint density at radius 2 is 1.87 bits per heavy atom. The first-order valence-corrected chi connectivity index (χ1v) is 7.36. The van der Waals surface area contributed by atoms with E-state index in [2.05, 4.69) is 10.1 Å². The van der Waals surface area contributed by atoms with Crippen molar-refractivity contribution in [1.29, 1.82) is 0 Å². The van der Waals surface area contributed by atoms with Crippen LogP contribution in [0.2, 0.25) is 0 Å². The normalized spacial score (nSPS) is 11.7. The van der Waals surface area contributed by atoms with Gasteiger partial charge in [-0.05, 0) is 31.5 Å². The number of aryl methyl sites for hydroxylation is 2. The van der Waals surface area contributed by atoms with Gasteiger partial charge in [0.25, 0.3) is 5.91 Å². The smallest absolute Gasteiger partial charge is 0.284 e. The van der Waals surface area contributed by atoms with E-state index >= 15 is 0 Å². The highest BCUT2D eigenvalue weighted by atomic mass is 16.5. The first-order chi connectivity index (χ1) is 11.1. The molecule has 5 nitrogen and oxygen atoms in total. The van der Waals surface area contributed by atoms with Gasteiger partial charge in [0.05, 0.1) is 5.69 Å². The molecular formula is C18H17N3O2. The first kappa shape index (κ1) is 15.0. The first-order valence-electron chi connectivity index (χ1n) is 7.36. The minimum Gasteiger partial charge on any atom is -0.361 e. The lowest BCUT2D eigenvalue weighted by atomic mass is 10.2. The van der Waals surface area contributed by atoms with Gasteiger partial charge in [0.15, 0.2) is 0 Å². The molecule has 3 rings (SSSR count). The van der Waals surface area contributed by atoms with Crippen LogP contribution in [-0.4, -0.2) is 15.6 Å². The van der Waals surface area contributed by atoms with E-state index in [-0.39, 0.29) is 5.91 Å². The second-order valence-corrected chi connectivity index (χ2v) is 5.29. The van der Waals surface area contributed by atoms with Gasteiger partial charge in [0.1, 0.15) is 16.8 Å². The van der Waals surface area contributed by atoms with Crippen molar-refractivity contribution in [2.75, 3.05) is 0 Å². The highest BCUT2D eigenvalue weighted by Gasteiger charge is 2.16. The van der Waals surface area contributed by atoms with Crippen molar-refractivity contribution in [3.63, 3.8) is 0 Å². The fraction of sp³-hybridized carbons (Fsp3) is 0.167. The van der Waals surface area contributed by atoms with E-state index in [1.54, 1.807) is 13.8 Å². The number of hydrogen-bond donors (Lipinski definition) is 0. The topological polar surface area (TPSA) is 60.4 Å². The number of pyridine rings is 1. The maximum Gasteiger partial charge on any atom is 0.284 e. The molecule has 0 atom stereocenters. The zero-order valence-electron chi connectivity index (χ0n) is 13.1. The molecule has 0 aliphatic carbocycles. The Bertz CT molecular complexity index is 872. The number of rotatable bonds is 3. The Hall–Kier alpha value is -2.95. The Morgan fingerprint density at radius 3 is 2.57 bits per heavy atom. The predicted molar refractivity (Wildman–Crippen MR) is 85.8 cm³/mol. The minimum absolute atomic E-state index is 0.339. The average Bonchev–Trinajstić information content (AvgIpc) is 2.89. The summed E-state index contributed by atoms with van der Waals surface area (Å²) in [7, 11) is 0. The summed E-state index contributed by atoms with van der Waals surface area (Å²) in [5.74, 6) is 0.149. The number of hydrogen-bond acceptors (Lipinski definition) is 3. The number of amides is 1. The zero-order valence-corrected chi connectivity index (χ0v) is 13.1. The van der Waals surface area contributed by atoms with Crippen molar-refractivity contribution in [3.05, 3.63) is 82.8 Å². The van der Waals surface area contributed by atoms with Crippen LogP contribution < -0.4 is 5.49 Å². The molecular weight excluding hydrogens is 290 g/mol. The van der Waals surface area contributed by atoms with E-state index in [1.807, 2.05) is 59.3 Å². The Kier molecular flexibility index (Phi) is 4.19. The highest BCUT2D eigenvalue weighted by molar-refractivity contribution is 5.96. The third-order valence-corrected chi connectivity index (χ3v) is 3.58. The molecule has 0 spiro atoms. The number of carbonyl (C=O) groups excluding carboxylic acids is 1. The number of nitrogens with zero attached hydrogens (tertiary/aromatic N) is 3. The summed E-state index contributed by atoms with van der Waals surface area (Å²) in [4.78, 5) is 16.7. The maximum absolute atomic E-state index is 12.4. The van der Waals surface area contributed by atoms with Crippen LogP contribution in [0.15, 0.2) is 64.2 Å². The quantitative estimate of drug-likeness (QED) is 0.747. The molecule has 2 heterocycles. The van der Waals surface area contributed by atoms with Gasteiger partial charge in [0, 0.05) is 12.7 Å². The summed E-state index contributed by atoms with van der Waals surface area (Å²) in [5, 5.41) is 3.81. The number of carbonyl (C=O) groups is 1. The van der Waals surface area contributed by atoms with Gasteiger partial charge in [0.2, 0.25) is 0 Å². The summed E-state index contributed by atoms with van der Waals surface area (Å²) >= 11 is 0. The van der Waals surface area contributed by atoms with Crippen molar-refractivity contribution in [1.82, 2.24) is 9.72 Å². The fourth-order valence-electron chi connectivity index (χ4n) is 2.43. The molecule has 3 aromatic rings. The Morgan fingerprint density at radius 1 is 1.13 bits per heavy atom. The molecule has 2 aromatic heterocycles. The summed E-state index contributed by atoms with van der Waals surface area (Å²) in [6.45, 7) is 4.10. The molecule has 5 heteroatoms. The van der Waals surface area contributed by atoms with E-state index in [9.17, 15) is 4.79 Å². The lowest BCUT2D eigenvalue weighted by Gasteiger charge is -2.07. The monoisotopic (exact) mass is 307 g/mol. The lowest BCUT2D eigenvalue weighted by Crippen LogP contribution is -2.22. The van der Waals surface area contributed by atoms with E-state index in [1.165, 1.54) is 0 Å². The van der Waals surface area contributed by atoms with Gasteiger partial charge < -0.3 is 9.09 Å². The molecule has 0 aliphatic heterocycles. The largest absolute Gasteiger partial charge is 0.361 e. The molecule has 0 saturated carbocycles. The van der Waals surface area contributed by atoms with Gasteiger partial charge >= 0.3 is 0 Å². The van der Waals surface area contributed by atoms with Gasteiger partial charge in [-0.3, -0.25) is 4.79 Å². The van der Waals surface area contributed by atoms with Crippen molar-refractivity contribution in [2.45, 2.75) is 20.4 Å². The number of aromatic nitrogens is 2. The zero-order chi connectivity index (χ0) is 16.2. The second-order valence-electron chi connectivity index (χ2n) is 5.29. The molecule has 116 valence electrons. The van der Waals surface area contributed by atoms with Crippen LogP contribution in [0.3, 0.4) is 0 Å². The van der Waals surface area contributed by atoms with Gasteiger partial charge in [-0.25, -0.2) is 0 Å². The molecule has 0 saturated heterocycles. The predicted octanol–water partition coefficient (Wildman–Crippen LogP) is 2.88. The van der Waals surface area contributed by atoms with Crippen molar-refractivity contribution in [2.24, 2.45) is 4.99 Å². The molecule has 0 fully saturated rings. The summed E-state index contributed by atoms with van der Waals surface area (Å²) in [6, 6.07) is 15.6. The second kappa shape index (κ2) is 6.44. The van der Waals surface area contributed by atoms with Crippen molar-refractivity contribution < 1.29 is 9.32 Å². The van der Waals surface area contributed by atoms with Gasteiger partial charge in [-0.15, -0.1) is 0 Å². The molecule has 23 heavy (non-hydrogen) atoms. The molecule has 1 aromatic carbocycles. The van der Waals surface area contributed by atoms with E-state index in [0.29, 0.717) is 29.1 Å². The SMILES string of the molecule is Cc1noc(C)c1C(=O)N=c1ccccn1Cc1ccccc1. The maximum atomic E-state index is 12.4. The van der Waals surface area contributed by atoms with Crippen LogP contribution in [0, 0.1) is 13.8 Å². The third kappa shape index (κ3) is 3.29. The molecule has 0 unspecified atom stereocenters.